The fourth-order valence-corrected chi connectivity index (χ4v) is 2.39. The van der Waals surface area contributed by atoms with Gasteiger partial charge in [0.1, 0.15) is 0 Å². The summed E-state index contributed by atoms with van der Waals surface area (Å²) in [6.07, 6.45) is 2.03. The zero-order valence-electron chi connectivity index (χ0n) is 11.2. The molecule has 1 heterocycles. The monoisotopic (exact) mass is 241 g/mol. The lowest BCUT2D eigenvalue weighted by atomic mass is 9.77. The predicted octanol–water partition coefficient (Wildman–Crippen LogP) is 2.14. The molecule has 98 valence electrons. The summed E-state index contributed by atoms with van der Waals surface area (Å²) >= 11 is 0. The van der Waals surface area contributed by atoms with Crippen LogP contribution >= 0.6 is 0 Å². The molecule has 1 aliphatic rings. The van der Waals surface area contributed by atoms with Gasteiger partial charge >= 0.3 is 5.97 Å². The number of carbonyl (C=O) groups excluding carboxylic acids is 1. The van der Waals surface area contributed by atoms with E-state index in [1.807, 2.05) is 27.7 Å². The number of piperidine rings is 1. The first-order valence-electron chi connectivity index (χ1n) is 6.26. The van der Waals surface area contributed by atoms with Crippen molar-refractivity contribution in [2.75, 3.05) is 13.1 Å². The van der Waals surface area contributed by atoms with Crippen LogP contribution in [0.3, 0.4) is 0 Å². The van der Waals surface area contributed by atoms with E-state index in [1.165, 1.54) is 0 Å². The lowest BCUT2D eigenvalue weighted by molar-refractivity contribution is -0.157. The van der Waals surface area contributed by atoms with E-state index >= 15 is 0 Å². The van der Waals surface area contributed by atoms with Gasteiger partial charge in [-0.05, 0) is 19.3 Å². The normalized spacial score (nSPS) is 25.8. The summed E-state index contributed by atoms with van der Waals surface area (Å²) in [7, 11) is 0. The van der Waals surface area contributed by atoms with Crippen LogP contribution in [0.2, 0.25) is 0 Å². The molecule has 1 aliphatic heterocycles. The molecular weight excluding hydrogens is 218 g/mol. The first-order chi connectivity index (χ1) is 7.73. The molecule has 1 amide bonds. The number of rotatable bonds is 2. The highest BCUT2D eigenvalue weighted by molar-refractivity contribution is 5.83. The van der Waals surface area contributed by atoms with E-state index in [-0.39, 0.29) is 5.91 Å². The summed E-state index contributed by atoms with van der Waals surface area (Å²) in [6, 6.07) is 0. The van der Waals surface area contributed by atoms with E-state index < -0.39 is 16.8 Å². The van der Waals surface area contributed by atoms with Gasteiger partial charge in [0.15, 0.2) is 0 Å². The van der Waals surface area contributed by atoms with Gasteiger partial charge < -0.3 is 10.0 Å². The van der Waals surface area contributed by atoms with Crippen LogP contribution in [-0.2, 0) is 9.59 Å². The highest BCUT2D eigenvalue weighted by Crippen LogP contribution is 2.35. The Bertz CT molecular complexity index is 319. The third-order valence-corrected chi connectivity index (χ3v) is 3.64. The zero-order valence-corrected chi connectivity index (χ0v) is 11.2. The maximum Gasteiger partial charge on any atom is 0.311 e. The lowest BCUT2D eigenvalue weighted by Gasteiger charge is -2.41. The molecule has 17 heavy (non-hydrogen) atoms. The van der Waals surface area contributed by atoms with E-state index in [1.54, 1.807) is 4.90 Å². The van der Waals surface area contributed by atoms with Crippen molar-refractivity contribution < 1.29 is 14.7 Å². The molecule has 4 heteroatoms. The van der Waals surface area contributed by atoms with Crippen molar-refractivity contribution in [3.63, 3.8) is 0 Å². The third-order valence-electron chi connectivity index (χ3n) is 3.64. The van der Waals surface area contributed by atoms with Crippen molar-refractivity contribution in [3.8, 4) is 0 Å². The summed E-state index contributed by atoms with van der Waals surface area (Å²) < 4.78 is 0. The molecule has 0 aromatic heterocycles. The first-order valence-corrected chi connectivity index (χ1v) is 6.26. The molecule has 0 aromatic rings. The van der Waals surface area contributed by atoms with Crippen LogP contribution in [0.4, 0.5) is 0 Å². The number of amides is 1. The minimum Gasteiger partial charge on any atom is -0.481 e. The molecule has 0 radical (unpaired) electrons. The van der Waals surface area contributed by atoms with Gasteiger partial charge in [-0.2, -0.15) is 0 Å². The second-order valence-electron chi connectivity index (χ2n) is 6.02. The SMILES string of the molecule is CCC1(C(=O)O)CCCN(C(=O)C(C)(C)C)C1. The Morgan fingerprint density at radius 1 is 1.35 bits per heavy atom. The van der Waals surface area contributed by atoms with Crippen LogP contribution in [0.5, 0.6) is 0 Å². The summed E-state index contributed by atoms with van der Waals surface area (Å²) in [5.41, 5.74) is -1.17. The predicted molar refractivity (Wildman–Crippen MR) is 65.6 cm³/mol. The van der Waals surface area contributed by atoms with Gasteiger partial charge in [0, 0.05) is 18.5 Å². The number of carboxylic acids is 1. The number of nitrogens with zero attached hydrogens (tertiary/aromatic N) is 1. The standard InChI is InChI=1S/C13H23NO3/c1-5-13(11(16)17)7-6-8-14(9-13)10(15)12(2,3)4/h5-9H2,1-4H3,(H,16,17). The van der Waals surface area contributed by atoms with Crippen molar-refractivity contribution in [1.82, 2.24) is 4.90 Å². The van der Waals surface area contributed by atoms with Gasteiger partial charge in [-0.15, -0.1) is 0 Å². The summed E-state index contributed by atoms with van der Waals surface area (Å²) in [4.78, 5) is 25.3. The molecule has 1 fully saturated rings. The molecule has 0 bridgehead atoms. The Morgan fingerprint density at radius 3 is 2.35 bits per heavy atom. The second-order valence-corrected chi connectivity index (χ2v) is 6.02. The number of aliphatic carboxylic acids is 1. The van der Waals surface area contributed by atoms with Crippen molar-refractivity contribution >= 4 is 11.9 Å². The summed E-state index contributed by atoms with van der Waals surface area (Å²) in [6.45, 7) is 8.55. The second kappa shape index (κ2) is 4.67. The van der Waals surface area contributed by atoms with E-state index in [9.17, 15) is 14.7 Å². The molecule has 1 unspecified atom stereocenters. The zero-order chi connectivity index (χ0) is 13.3. The van der Waals surface area contributed by atoms with E-state index in [0.29, 0.717) is 25.9 Å². The number of carbonyl (C=O) groups is 2. The Kier molecular flexibility index (Phi) is 3.84. The maximum absolute atomic E-state index is 12.2. The van der Waals surface area contributed by atoms with E-state index in [2.05, 4.69) is 0 Å². The number of carboxylic acid groups (broad SMARTS) is 1. The van der Waals surface area contributed by atoms with Crippen molar-refractivity contribution in [2.45, 2.75) is 47.0 Å². The van der Waals surface area contributed by atoms with Crippen LogP contribution in [0, 0.1) is 10.8 Å². The molecule has 1 rings (SSSR count). The number of likely N-dealkylation sites (tertiary alicyclic amines) is 1. The third kappa shape index (κ3) is 2.79. The lowest BCUT2D eigenvalue weighted by Crippen LogP contribution is -2.52. The average molecular weight is 241 g/mol. The molecule has 4 nitrogen and oxygen atoms in total. The molecular formula is C13H23NO3. The molecule has 0 saturated carbocycles. The van der Waals surface area contributed by atoms with Crippen molar-refractivity contribution in [1.29, 1.82) is 0 Å². The molecule has 1 atom stereocenters. The first kappa shape index (κ1) is 14.0. The summed E-state index contributed by atoms with van der Waals surface area (Å²) in [5.74, 6) is -0.720. The highest BCUT2D eigenvalue weighted by atomic mass is 16.4. The van der Waals surface area contributed by atoms with E-state index in [0.717, 1.165) is 6.42 Å². The molecule has 0 aromatic carbocycles. The van der Waals surface area contributed by atoms with Gasteiger partial charge in [-0.1, -0.05) is 27.7 Å². The van der Waals surface area contributed by atoms with Crippen molar-refractivity contribution in [2.24, 2.45) is 10.8 Å². The Morgan fingerprint density at radius 2 is 1.94 bits per heavy atom. The van der Waals surface area contributed by atoms with E-state index in [4.69, 9.17) is 0 Å². The van der Waals surface area contributed by atoms with Crippen LogP contribution in [0.25, 0.3) is 0 Å². The molecule has 0 spiro atoms. The molecule has 1 N–H and O–H groups in total. The highest BCUT2D eigenvalue weighted by Gasteiger charge is 2.43. The largest absolute Gasteiger partial charge is 0.481 e. The van der Waals surface area contributed by atoms with Crippen LogP contribution in [0.15, 0.2) is 0 Å². The van der Waals surface area contributed by atoms with Crippen LogP contribution in [0.1, 0.15) is 47.0 Å². The maximum atomic E-state index is 12.2. The fraction of sp³-hybridized carbons (Fsp3) is 0.846. The van der Waals surface area contributed by atoms with Gasteiger partial charge in [-0.25, -0.2) is 0 Å². The Balaban J connectivity index is 2.86. The van der Waals surface area contributed by atoms with Gasteiger partial charge in [0.2, 0.25) is 5.91 Å². The van der Waals surface area contributed by atoms with Gasteiger partial charge in [0.05, 0.1) is 5.41 Å². The van der Waals surface area contributed by atoms with Crippen LogP contribution < -0.4 is 0 Å². The van der Waals surface area contributed by atoms with Gasteiger partial charge in [-0.3, -0.25) is 9.59 Å². The smallest absolute Gasteiger partial charge is 0.311 e. The Labute approximate surface area is 103 Å². The number of hydrogen-bond donors (Lipinski definition) is 1. The molecule has 1 saturated heterocycles. The topological polar surface area (TPSA) is 57.6 Å². The molecule has 0 aliphatic carbocycles. The minimum absolute atomic E-state index is 0.0521. The summed E-state index contributed by atoms with van der Waals surface area (Å²) in [5, 5.41) is 9.35. The Hall–Kier alpha value is -1.06. The van der Waals surface area contributed by atoms with Gasteiger partial charge in [0.25, 0.3) is 0 Å². The quantitative estimate of drug-likeness (QED) is 0.805. The average Bonchev–Trinajstić information content (AvgIpc) is 2.26. The number of hydrogen-bond acceptors (Lipinski definition) is 2. The fourth-order valence-electron chi connectivity index (χ4n) is 2.39. The minimum atomic E-state index is -0.772. The van der Waals surface area contributed by atoms with Crippen LogP contribution in [-0.4, -0.2) is 35.0 Å². The van der Waals surface area contributed by atoms with Crippen molar-refractivity contribution in [3.05, 3.63) is 0 Å².